The van der Waals surface area contributed by atoms with E-state index in [1.807, 2.05) is 5.32 Å². The van der Waals surface area contributed by atoms with Gasteiger partial charge in [0.25, 0.3) is 10.2 Å². The van der Waals surface area contributed by atoms with Gasteiger partial charge in [0.15, 0.2) is 6.04 Å². The molecule has 0 aromatic rings. The number of rotatable bonds is 18. The number of nitrogens with zero attached hydrogens (tertiary/aromatic N) is 2. The molecule has 0 saturated carbocycles. The van der Waals surface area contributed by atoms with E-state index >= 15 is 0 Å². The molecule has 0 bridgehead atoms. The zero-order valence-corrected chi connectivity index (χ0v) is 16.9. The maximum absolute atomic E-state index is 11.7. The molecule has 2 atom stereocenters. The number of carboxylic acid groups (broad SMARTS) is 1. The lowest BCUT2D eigenvalue weighted by molar-refractivity contribution is -0.758. The summed E-state index contributed by atoms with van der Waals surface area (Å²) in [6.45, 7) is -0.529. The first-order valence-electron chi connectivity index (χ1n) is 8.83. The van der Waals surface area contributed by atoms with Gasteiger partial charge in [-0.05, 0) is 6.92 Å². The normalized spacial score (nSPS) is 12.0. The van der Waals surface area contributed by atoms with Crippen LogP contribution in [0, 0.1) is 20.2 Å². The lowest BCUT2D eigenvalue weighted by atomic mass is 10.2. The van der Waals surface area contributed by atoms with E-state index in [-0.39, 0.29) is 52.9 Å². The van der Waals surface area contributed by atoms with Crippen LogP contribution < -0.4 is 5.32 Å². The lowest BCUT2D eigenvalue weighted by Crippen LogP contribution is -2.49. The van der Waals surface area contributed by atoms with Crippen LogP contribution in [0.5, 0.6) is 0 Å². The topological polar surface area (TPSA) is 234 Å². The van der Waals surface area contributed by atoms with Crippen LogP contribution >= 0.6 is 0 Å². The number of hydrogen-bond acceptors (Lipinski definition) is 14. The summed E-state index contributed by atoms with van der Waals surface area (Å²) < 4.78 is 23.8. The van der Waals surface area contributed by atoms with Crippen molar-refractivity contribution in [3.05, 3.63) is 20.2 Å². The molecular formula is C14H23N3O15. The zero-order valence-electron chi connectivity index (χ0n) is 16.9. The summed E-state index contributed by atoms with van der Waals surface area (Å²) in [5, 5.41) is 29.0. The Balaban J connectivity index is 4.08. The number of hydrogen-bond donors (Lipinski definition) is 2. The molecule has 18 nitrogen and oxygen atoms in total. The molecule has 32 heavy (non-hydrogen) atoms. The predicted octanol–water partition coefficient (Wildman–Crippen LogP) is -0.843. The number of nitrogens with one attached hydrogen (secondary N) is 1. The molecule has 0 radical (unpaired) electrons. The first kappa shape index (κ1) is 28.3. The van der Waals surface area contributed by atoms with E-state index in [0.29, 0.717) is 0 Å². The number of aliphatic carboxylic acids is 1. The van der Waals surface area contributed by atoms with Gasteiger partial charge in [-0.3, -0.25) is 0 Å². The third-order valence-corrected chi connectivity index (χ3v) is 3.05. The van der Waals surface area contributed by atoms with Crippen molar-refractivity contribution in [3.8, 4) is 0 Å². The van der Waals surface area contributed by atoms with Gasteiger partial charge in [0, 0.05) is 0 Å². The van der Waals surface area contributed by atoms with E-state index in [9.17, 15) is 39.7 Å². The maximum atomic E-state index is 11.7. The maximum Gasteiger partial charge on any atom is 0.508 e. The van der Waals surface area contributed by atoms with Crippen LogP contribution in [-0.4, -0.2) is 98.5 Å². The summed E-state index contributed by atoms with van der Waals surface area (Å²) in [5.74, 6) is -1.52. The Morgan fingerprint density at radius 3 is 1.78 bits per heavy atom. The van der Waals surface area contributed by atoms with Crippen molar-refractivity contribution >= 4 is 18.2 Å². The van der Waals surface area contributed by atoms with Crippen LogP contribution in [-0.2, 0) is 38.2 Å². The average molecular weight is 473 g/mol. The Morgan fingerprint density at radius 2 is 1.31 bits per heavy atom. The van der Waals surface area contributed by atoms with E-state index < -0.39 is 40.5 Å². The molecule has 0 spiro atoms. The summed E-state index contributed by atoms with van der Waals surface area (Å²) in [6.07, 6.45) is -3.73. The number of amides is 1. The number of carboxylic acids is 1. The van der Waals surface area contributed by atoms with Crippen LogP contribution in [0.1, 0.15) is 6.92 Å². The third kappa shape index (κ3) is 16.2. The summed E-state index contributed by atoms with van der Waals surface area (Å²) in [6, 6.07) is -1.67. The zero-order chi connectivity index (χ0) is 24.4. The Bertz CT molecular complexity index is 616. The Labute approximate surface area is 179 Å². The molecule has 18 heteroatoms. The molecule has 0 saturated heterocycles. The first-order valence-corrected chi connectivity index (χ1v) is 8.83. The number of carbonyl (C=O) groups is 3. The molecule has 0 rings (SSSR count). The molecule has 0 aromatic heterocycles. The highest BCUT2D eigenvalue weighted by Crippen LogP contribution is 2.03. The third-order valence-electron chi connectivity index (χ3n) is 3.05. The Kier molecular flexibility index (Phi) is 15.1. The average Bonchev–Trinajstić information content (AvgIpc) is 2.69. The van der Waals surface area contributed by atoms with Gasteiger partial charge in [0.2, 0.25) is 0 Å². The summed E-state index contributed by atoms with van der Waals surface area (Å²) in [7, 11) is 0. The largest absolute Gasteiger partial charge is 0.508 e. The summed E-state index contributed by atoms with van der Waals surface area (Å²) in [4.78, 5) is 62.3. The molecule has 0 aliphatic rings. The standard InChI is InChI=1S/C14H23N3O15/c1-10(32-14(21)29-7-3-27-5-9-31-17(24)25)11(12(18)19)15-13(20)28-6-2-26-4-8-30-16(22)23/h10-11H,2-9H2,1H3,(H,15,20)(H,18,19). The van der Waals surface area contributed by atoms with Gasteiger partial charge in [0.05, 0.1) is 26.4 Å². The second kappa shape index (κ2) is 17.1. The van der Waals surface area contributed by atoms with Crippen molar-refractivity contribution in [2.45, 2.75) is 19.1 Å². The highest BCUT2D eigenvalue weighted by molar-refractivity contribution is 5.80. The second-order valence-electron chi connectivity index (χ2n) is 5.36. The number of ether oxygens (including phenoxy) is 5. The fourth-order valence-electron chi connectivity index (χ4n) is 1.73. The van der Waals surface area contributed by atoms with Gasteiger partial charge < -0.3 is 43.8 Å². The van der Waals surface area contributed by atoms with Crippen LogP contribution in [0.25, 0.3) is 0 Å². The van der Waals surface area contributed by atoms with E-state index in [4.69, 9.17) is 14.2 Å². The minimum Gasteiger partial charge on any atom is -0.480 e. The van der Waals surface area contributed by atoms with Gasteiger partial charge in [-0.1, -0.05) is 0 Å². The van der Waals surface area contributed by atoms with Crippen LogP contribution in [0.4, 0.5) is 9.59 Å². The summed E-state index contributed by atoms with van der Waals surface area (Å²) in [5.41, 5.74) is 0. The van der Waals surface area contributed by atoms with Gasteiger partial charge in [-0.2, -0.15) is 0 Å². The number of carbonyl (C=O) groups excluding carboxylic acids is 2. The molecule has 0 aromatic carbocycles. The van der Waals surface area contributed by atoms with Crippen LogP contribution in [0.3, 0.4) is 0 Å². The van der Waals surface area contributed by atoms with Gasteiger partial charge >= 0.3 is 18.2 Å². The molecule has 2 N–H and O–H groups in total. The summed E-state index contributed by atoms with van der Waals surface area (Å²) >= 11 is 0. The van der Waals surface area contributed by atoms with Crippen molar-refractivity contribution in [2.24, 2.45) is 0 Å². The minimum atomic E-state index is -1.67. The van der Waals surface area contributed by atoms with Crippen LogP contribution in [0.2, 0.25) is 0 Å². The number of alkyl carbamates (subject to hydrolysis) is 1. The van der Waals surface area contributed by atoms with Gasteiger partial charge in [0.1, 0.15) is 32.5 Å². The lowest BCUT2D eigenvalue weighted by Gasteiger charge is -2.21. The van der Waals surface area contributed by atoms with E-state index in [1.54, 1.807) is 0 Å². The molecule has 1 amide bonds. The van der Waals surface area contributed by atoms with Crippen molar-refractivity contribution in [3.63, 3.8) is 0 Å². The first-order chi connectivity index (χ1) is 15.1. The molecule has 0 fully saturated rings. The van der Waals surface area contributed by atoms with Crippen molar-refractivity contribution in [1.82, 2.24) is 5.32 Å². The van der Waals surface area contributed by atoms with Crippen LogP contribution in [0.15, 0.2) is 0 Å². The molecule has 0 aliphatic heterocycles. The van der Waals surface area contributed by atoms with Crippen molar-refractivity contribution in [1.29, 1.82) is 0 Å². The molecular weight excluding hydrogens is 450 g/mol. The van der Waals surface area contributed by atoms with E-state index in [1.165, 1.54) is 6.92 Å². The fraction of sp³-hybridized carbons (Fsp3) is 0.786. The van der Waals surface area contributed by atoms with Crippen molar-refractivity contribution < 1.29 is 63.0 Å². The Morgan fingerprint density at radius 1 is 0.844 bits per heavy atom. The van der Waals surface area contributed by atoms with Crippen molar-refractivity contribution in [2.75, 3.05) is 52.9 Å². The van der Waals surface area contributed by atoms with E-state index in [2.05, 4.69) is 19.1 Å². The quantitative estimate of drug-likeness (QED) is 0.107. The molecule has 2 unspecified atom stereocenters. The predicted molar refractivity (Wildman–Crippen MR) is 95.3 cm³/mol. The molecule has 0 aliphatic carbocycles. The minimum absolute atomic E-state index is 0.124. The smallest absolute Gasteiger partial charge is 0.480 e. The van der Waals surface area contributed by atoms with Gasteiger partial charge in [-0.15, -0.1) is 20.2 Å². The molecule has 0 heterocycles. The second-order valence-corrected chi connectivity index (χ2v) is 5.36. The fourth-order valence-corrected chi connectivity index (χ4v) is 1.73. The monoisotopic (exact) mass is 473 g/mol. The highest BCUT2D eigenvalue weighted by Gasteiger charge is 2.30. The highest BCUT2D eigenvalue weighted by atomic mass is 17.0. The molecule has 184 valence electrons. The SMILES string of the molecule is CC(OC(=O)OCCOCCO[N+](=O)[O-])C(NC(=O)OCCOCCO[N+](=O)[O-])C(=O)O. The van der Waals surface area contributed by atoms with E-state index in [0.717, 1.165) is 0 Å². The Hall–Kier alpha value is -3.67. The van der Waals surface area contributed by atoms with Gasteiger partial charge in [-0.25, -0.2) is 14.4 Å².